The molecule has 2 heterocycles. The second-order valence-electron chi connectivity index (χ2n) is 8.01. The molecule has 2 aliphatic rings. The maximum atomic E-state index is 14.2. The molecule has 4 atom stereocenters. The fourth-order valence-corrected chi connectivity index (χ4v) is 4.29. The summed E-state index contributed by atoms with van der Waals surface area (Å²) in [4.78, 5) is 37.5. The number of nitrogens with zero attached hydrogens (tertiary/aromatic N) is 2. The summed E-state index contributed by atoms with van der Waals surface area (Å²) in [5, 5.41) is 23.3. The van der Waals surface area contributed by atoms with E-state index in [1.807, 2.05) is 0 Å². The fourth-order valence-electron chi connectivity index (χ4n) is 4.29. The quantitative estimate of drug-likeness (QED) is 0.449. The number of fused-ring (bicyclic) bond motifs is 1. The fraction of sp³-hybridized carbons (Fsp3) is 0.476. The highest BCUT2D eigenvalue weighted by molar-refractivity contribution is 6.00. The van der Waals surface area contributed by atoms with Crippen molar-refractivity contribution < 1.29 is 37.0 Å². The Bertz CT molecular complexity index is 1060. The summed E-state index contributed by atoms with van der Waals surface area (Å²) >= 11 is 0. The van der Waals surface area contributed by atoms with Crippen LogP contribution in [0.3, 0.4) is 0 Å². The average Bonchev–Trinajstić information content (AvgIpc) is 2.74. The van der Waals surface area contributed by atoms with Crippen molar-refractivity contribution in [3.8, 4) is 6.07 Å². The number of alkyl halides is 3. The third-order valence-corrected chi connectivity index (χ3v) is 5.96. The van der Waals surface area contributed by atoms with Crippen LogP contribution in [0.15, 0.2) is 29.3 Å². The average molecular weight is 469 g/mol. The van der Waals surface area contributed by atoms with Gasteiger partial charge in [-0.3, -0.25) is 9.59 Å². The van der Waals surface area contributed by atoms with Gasteiger partial charge in [-0.1, -0.05) is 6.07 Å². The van der Waals surface area contributed by atoms with Gasteiger partial charge in [-0.25, -0.2) is 4.39 Å². The second-order valence-corrected chi connectivity index (χ2v) is 8.01. The number of carbonyl (C=O) groups excluding carboxylic acids is 2. The first-order chi connectivity index (χ1) is 15.5. The van der Waals surface area contributed by atoms with Gasteiger partial charge in [0.1, 0.15) is 5.82 Å². The Balaban J connectivity index is 1.80. The Labute approximate surface area is 185 Å². The number of hydrogen-bond acceptors (Lipinski definition) is 5. The van der Waals surface area contributed by atoms with E-state index in [0.29, 0.717) is 0 Å². The van der Waals surface area contributed by atoms with Gasteiger partial charge in [0.15, 0.2) is 0 Å². The molecule has 0 saturated carbocycles. The third kappa shape index (κ3) is 4.88. The summed E-state index contributed by atoms with van der Waals surface area (Å²) in [6, 6.07) is -0.250. The van der Waals surface area contributed by atoms with Crippen molar-refractivity contribution >= 4 is 11.8 Å². The van der Waals surface area contributed by atoms with Crippen LogP contribution in [-0.4, -0.2) is 52.6 Å². The van der Waals surface area contributed by atoms with Gasteiger partial charge in [0.05, 0.1) is 36.7 Å². The summed E-state index contributed by atoms with van der Waals surface area (Å²) < 4.78 is 53.8. The second kappa shape index (κ2) is 9.27. The normalized spacial score (nSPS) is 24.0. The highest BCUT2D eigenvalue weighted by atomic mass is 19.4. The lowest BCUT2D eigenvalue weighted by molar-refractivity contribution is -0.653. The molecule has 0 aromatic heterocycles. The number of halogens is 4. The lowest BCUT2D eigenvalue weighted by Gasteiger charge is -2.34. The molecule has 3 rings (SSSR count). The predicted octanol–water partition coefficient (Wildman–Crippen LogP) is 1.92. The van der Waals surface area contributed by atoms with Crippen LogP contribution in [0.2, 0.25) is 0 Å². The summed E-state index contributed by atoms with van der Waals surface area (Å²) in [5.41, 5.74) is -0.141. The van der Waals surface area contributed by atoms with Gasteiger partial charge in [-0.2, -0.15) is 18.4 Å². The number of piperidine rings is 1. The number of nitrogens with one attached hydrogen (secondary N) is 2. The minimum Gasteiger partial charge on any atom is -0.394 e. The van der Waals surface area contributed by atoms with Crippen LogP contribution in [0.4, 0.5) is 17.6 Å². The summed E-state index contributed by atoms with van der Waals surface area (Å²) in [6.45, 7) is 0.650. The van der Waals surface area contributed by atoms with Gasteiger partial charge in [0, 0.05) is 32.8 Å². The molecule has 1 aromatic rings. The minimum atomic E-state index is -4.73. The van der Waals surface area contributed by atoms with E-state index in [0.717, 1.165) is 6.07 Å². The van der Waals surface area contributed by atoms with Gasteiger partial charge in [-0.05, 0) is 25.5 Å². The number of aliphatic hydroxyl groups is 1. The van der Waals surface area contributed by atoms with Crippen LogP contribution in [0.5, 0.6) is 0 Å². The molecular formula is C21H21F4N4O4+. The van der Waals surface area contributed by atoms with E-state index in [1.165, 1.54) is 19.1 Å². The van der Waals surface area contributed by atoms with E-state index in [4.69, 9.17) is 5.26 Å². The molecule has 0 radical (unpaired) electrons. The number of rotatable bonds is 5. The topological polar surface area (TPSA) is 122 Å². The predicted molar refractivity (Wildman–Crippen MR) is 105 cm³/mol. The smallest absolute Gasteiger partial charge is 0.394 e. The number of hydrogen-bond donors (Lipinski definition) is 3. The van der Waals surface area contributed by atoms with Gasteiger partial charge < -0.3 is 15.7 Å². The molecule has 1 saturated heterocycles. The van der Waals surface area contributed by atoms with E-state index in [9.17, 15) is 37.2 Å². The summed E-state index contributed by atoms with van der Waals surface area (Å²) in [6.07, 6.45) is -5.81. The van der Waals surface area contributed by atoms with E-state index >= 15 is 0 Å². The van der Waals surface area contributed by atoms with Gasteiger partial charge in [0.2, 0.25) is 17.9 Å². The maximum absolute atomic E-state index is 14.2. The zero-order valence-electron chi connectivity index (χ0n) is 17.4. The Kier molecular flexibility index (Phi) is 6.83. The Morgan fingerprint density at radius 1 is 1.39 bits per heavy atom. The highest BCUT2D eigenvalue weighted by Gasteiger charge is 2.59. The maximum Gasteiger partial charge on any atom is 0.455 e. The molecule has 3 N–H and O–H groups in total. The molecule has 33 heavy (non-hydrogen) atoms. The van der Waals surface area contributed by atoms with Crippen molar-refractivity contribution in [3.05, 3.63) is 51.2 Å². The van der Waals surface area contributed by atoms with Crippen LogP contribution in [0.25, 0.3) is 0 Å². The Morgan fingerprint density at radius 3 is 2.67 bits per heavy atom. The molecule has 3 unspecified atom stereocenters. The molecule has 1 fully saturated rings. The van der Waals surface area contributed by atoms with Crippen LogP contribution in [0, 0.1) is 22.1 Å². The van der Waals surface area contributed by atoms with E-state index < -0.39 is 67.4 Å². The number of carbonyl (C=O) groups is 2. The first-order valence-corrected chi connectivity index (χ1v) is 10.1. The molecule has 0 aliphatic carbocycles. The molecule has 8 nitrogen and oxygen atoms in total. The van der Waals surface area contributed by atoms with E-state index in [2.05, 4.69) is 10.6 Å². The van der Waals surface area contributed by atoms with Crippen molar-refractivity contribution in [1.29, 1.82) is 5.26 Å². The standard InChI is InChI=1S/C21H20F4N4O4/c1-10-13(20(32)28-15-4-5-17(21(23,24)25)29(33)19(10)15)7-18(31)27-16(9-30)12-3-2-11(8-26)6-14(12)22/h2-3,6,15-17,19,30H,4-5,7,9H2,1H3,(H-,27,28,31,32)/p+1/t15?,16-,17?,19?/m0/s1. The molecule has 0 bridgehead atoms. The SMILES string of the molecule is CC1=C(CC(=O)N[C@@H](CO)c2ccc(C#N)cc2F)C(=O)NC2CCC(C(F)(F)F)[N+](=O)C12. The Hall–Kier alpha value is -3.33. The van der Waals surface area contributed by atoms with Crippen molar-refractivity contribution in [2.24, 2.45) is 0 Å². The summed E-state index contributed by atoms with van der Waals surface area (Å²) in [5.74, 6) is -2.31. The first-order valence-electron chi connectivity index (χ1n) is 10.1. The molecule has 1 aromatic carbocycles. The van der Waals surface area contributed by atoms with Crippen molar-refractivity contribution in [2.45, 2.75) is 56.5 Å². The number of aliphatic hydroxyl groups excluding tert-OH is 1. The zero-order chi connectivity index (χ0) is 24.5. The van der Waals surface area contributed by atoms with Gasteiger partial charge in [-0.15, -0.1) is 0 Å². The minimum absolute atomic E-state index is 0.0410. The van der Waals surface area contributed by atoms with Gasteiger partial charge in [0.25, 0.3) is 6.04 Å². The molecule has 2 aliphatic heterocycles. The molecule has 2 amide bonds. The molecule has 12 heteroatoms. The lowest BCUT2D eigenvalue weighted by Crippen LogP contribution is -2.60. The van der Waals surface area contributed by atoms with Crippen molar-refractivity contribution in [3.63, 3.8) is 0 Å². The molecule has 0 spiro atoms. The summed E-state index contributed by atoms with van der Waals surface area (Å²) in [7, 11) is 0. The van der Waals surface area contributed by atoms with E-state index in [-0.39, 0.29) is 33.5 Å². The van der Waals surface area contributed by atoms with Crippen LogP contribution in [0.1, 0.15) is 43.4 Å². The lowest BCUT2D eigenvalue weighted by atomic mass is 9.83. The van der Waals surface area contributed by atoms with Gasteiger partial charge >= 0.3 is 6.18 Å². The van der Waals surface area contributed by atoms with Crippen LogP contribution < -0.4 is 10.6 Å². The highest BCUT2D eigenvalue weighted by Crippen LogP contribution is 2.36. The monoisotopic (exact) mass is 469 g/mol. The number of amides is 2. The first kappa shape index (κ1) is 24.3. The number of benzene rings is 1. The Morgan fingerprint density at radius 2 is 2.09 bits per heavy atom. The number of nitroso groups, excluding NO2 is 1. The van der Waals surface area contributed by atoms with Crippen molar-refractivity contribution in [2.75, 3.05) is 6.61 Å². The van der Waals surface area contributed by atoms with E-state index in [1.54, 1.807) is 6.07 Å². The van der Waals surface area contributed by atoms with Crippen molar-refractivity contribution in [1.82, 2.24) is 10.6 Å². The zero-order valence-corrected chi connectivity index (χ0v) is 17.4. The number of nitriles is 1. The van der Waals surface area contributed by atoms with Crippen LogP contribution >= 0.6 is 0 Å². The van der Waals surface area contributed by atoms with Crippen LogP contribution in [-0.2, 0) is 9.59 Å². The molecule has 176 valence electrons. The third-order valence-electron chi connectivity index (χ3n) is 5.96. The largest absolute Gasteiger partial charge is 0.455 e. The molecular weight excluding hydrogens is 448 g/mol.